The Morgan fingerprint density at radius 2 is 1.73 bits per heavy atom. The number of pyridine rings is 1. The molecule has 0 bridgehead atoms. The van der Waals surface area contributed by atoms with Crippen molar-refractivity contribution >= 4 is 48.6 Å². The lowest BCUT2D eigenvalue weighted by molar-refractivity contribution is 0.659. The van der Waals surface area contributed by atoms with Gasteiger partial charge in [-0.1, -0.05) is 69.3 Å². The maximum atomic E-state index is 9.45. The molecule has 1 atom stereocenters. The molecule has 40 heavy (non-hydrogen) atoms. The first-order valence-corrected chi connectivity index (χ1v) is 14.6. The van der Waals surface area contributed by atoms with Crippen molar-refractivity contribution in [2.45, 2.75) is 32.6 Å². The molecular weight excluding hydrogens is 506 g/mol. The molecule has 0 aliphatic heterocycles. The SMILES string of the molecule is CC1CC(c2ccn3c(c2)nc2c4ccccc4sc23)=CC=C1c1ccc2c(c1)C(C)(C)c1cc(C#N)ccc1-2. The van der Waals surface area contributed by atoms with Crippen LogP contribution in [0.5, 0.6) is 0 Å². The van der Waals surface area contributed by atoms with E-state index in [0.29, 0.717) is 5.92 Å². The van der Waals surface area contributed by atoms with E-state index in [1.807, 2.05) is 6.07 Å². The highest BCUT2D eigenvalue weighted by Crippen LogP contribution is 2.50. The number of benzene rings is 3. The monoisotopic (exact) mass is 533 g/mol. The van der Waals surface area contributed by atoms with Gasteiger partial charge in [0.15, 0.2) is 0 Å². The Morgan fingerprint density at radius 1 is 0.925 bits per heavy atom. The van der Waals surface area contributed by atoms with Crippen LogP contribution in [0.25, 0.3) is 48.4 Å². The van der Waals surface area contributed by atoms with Crippen molar-refractivity contribution < 1.29 is 0 Å². The second-order valence-corrected chi connectivity index (χ2v) is 12.7. The Hall–Kier alpha value is -4.46. The molecule has 3 aromatic carbocycles. The van der Waals surface area contributed by atoms with E-state index in [1.165, 1.54) is 59.4 Å². The number of nitriles is 1. The third-order valence-electron chi connectivity index (χ3n) is 8.96. The molecule has 8 rings (SSSR count). The summed E-state index contributed by atoms with van der Waals surface area (Å²) in [6.07, 6.45) is 7.79. The van der Waals surface area contributed by atoms with Gasteiger partial charge in [-0.2, -0.15) is 5.26 Å². The van der Waals surface area contributed by atoms with Gasteiger partial charge in [0.2, 0.25) is 0 Å². The van der Waals surface area contributed by atoms with E-state index in [9.17, 15) is 5.26 Å². The van der Waals surface area contributed by atoms with Gasteiger partial charge < -0.3 is 0 Å². The molecule has 0 saturated heterocycles. The van der Waals surface area contributed by atoms with Crippen molar-refractivity contribution in [1.29, 1.82) is 5.26 Å². The van der Waals surface area contributed by atoms with Gasteiger partial charge in [-0.05, 0) is 93.3 Å². The summed E-state index contributed by atoms with van der Waals surface area (Å²) in [6.45, 7) is 6.89. The normalized spacial score (nSPS) is 17.5. The van der Waals surface area contributed by atoms with Gasteiger partial charge in [0.25, 0.3) is 0 Å². The van der Waals surface area contributed by atoms with Gasteiger partial charge in [0, 0.05) is 21.7 Å². The molecule has 0 radical (unpaired) electrons. The molecule has 6 aromatic rings. The Balaban J connectivity index is 1.16. The number of hydrogen-bond acceptors (Lipinski definition) is 3. The average Bonchev–Trinajstić information content (AvgIpc) is 3.58. The van der Waals surface area contributed by atoms with Crippen molar-refractivity contribution in [2.75, 3.05) is 0 Å². The third kappa shape index (κ3) is 3.25. The van der Waals surface area contributed by atoms with Gasteiger partial charge in [0.1, 0.15) is 16.0 Å². The number of allylic oxidation sites excluding steroid dienone is 4. The first-order valence-electron chi connectivity index (χ1n) is 13.8. The number of hydrogen-bond donors (Lipinski definition) is 0. The summed E-state index contributed by atoms with van der Waals surface area (Å²) in [7, 11) is 0. The van der Waals surface area contributed by atoms with E-state index in [-0.39, 0.29) is 5.41 Å². The molecule has 0 amide bonds. The fourth-order valence-electron chi connectivity index (χ4n) is 6.79. The van der Waals surface area contributed by atoms with Crippen molar-refractivity contribution in [2.24, 2.45) is 5.92 Å². The summed E-state index contributed by atoms with van der Waals surface area (Å²) in [5.41, 5.74) is 13.1. The second kappa shape index (κ2) is 8.27. The van der Waals surface area contributed by atoms with E-state index in [2.05, 4.69) is 116 Å². The molecule has 1 unspecified atom stereocenters. The van der Waals surface area contributed by atoms with Crippen LogP contribution in [-0.2, 0) is 5.41 Å². The molecule has 0 N–H and O–H groups in total. The standard InChI is InChI=1S/C36H27N3S/c1-21-16-23(24-14-15-39-33(19-24)38-34-29-6-4-5-7-32(29)40-35(34)39)9-12-26(21)25-10-13-28-27-11-8-22(20-37)17-30(27)36(2,3)31(28)18-25/h4-15,17-19,21H,16H2,1-3H3. The lowest BCUT2D eigenvalue weighted by Crippen LogP contribution is -2.15. The minimum absolute atomic E-state index is 0.133. The molecule has 0 fully saturated rings. The molecule has 3 heterocycles. The van der Waals surface area contributed by atoms with Crippen LogP contribution in [-0.4, -0.2) is 9.38 Å². The van der Waals surface area contributed by atoms with Crippen LogP contribution in [0.2, 0.25) is 0 Å². The Morgan fingerprint density at radius 3 is 2.55 bits per heavy atom. The summed E-state index contributed by atoms with van der Waals surface area (Å²) < 4.78 is 3.51. The maximum Gasteiger partial charge on any atom is 0.139 e. The smallest absolute Gasteiger partial charge is 0.139 e. The van der Waals surface area contributed by atoms with Crippen molar-refractivity contribution in [3.63, 3.8) is 0 Å². The number of aromatic nitrogens is 2. The number of nitrogens with zero attached hydrogens (tertiary/aromatic N) is 3. The van der Waals surface area contributed by atoms with E-state index >= 15 is 0 Å². The van der Waals surface area contributed by atoms with Crippen LogP contribution in [0.4, 0.5) is 0 Å². The predicted octanol–water partition coefficient (Wildman–Crippen LogP) is 9.39. The Kier molecular flexibility index (Phi) is 4.84. The quantitative estimate of drug-likeness (QED) is 0.222. The summed E-state index contributed by atoms with van der Waals surface area (Å²) in [4.78, 5) is 6.24. The van der Waals surface area contributed by atoms with Crippen LogP contribution in [0.3, 0.4) is 0 Å². The molecule has 0 saturated carbocycles. The highest BCUT2D eigenvalue weighted by atomic mass is 32.1. The summed E-state index contributed by atoms with van der Waals surface area (Å²) in [5, 5.41) is 10.7. The molecular formula is C36H27N3S. The van der Waals surface area contributed by atoms with Crippen LogP contribution < -0.4 is 0 Å². The third-order valence-corrected chi connectivity index (χ3v) is 10.1. The molecule has 192 valence electrons. The zero-order valence-corrected chi connectivity index (χ0v) is 23.5. The molecule has 3 aromatic heterocycles. The van der Waals surface area contributed by atoms with E-state index in [4.69, 9.17) is 4.98 Å². The predicted molar refractivity (Wildman–Crippen MR) is 167 cm³/mol. The number of rotatable bonds is 2. The highest BCUT2D eigenvalue weighted by Gasteiger charge is 2.36. The topological polar surface area (TPSA) is 41.1 Å². The largest absolute Gasteiger partial charge is 0.291 e. The van der Waals surface area contributed by atoms with Gasteiger partial charge in [-0.3, -0.25) is 4.40 Å². The number of imidazole rings is 1. The fraction of sp³-hybridized carbons (Fsp3) is 0.167. The fourth-order valence-corrected chi connectivity index (χ4v) is 7.93. The van der Waals surface area contributed by atoms with E-state index in [1.54, 1.807) is 11.3 Å². The van der Waals surface area contributed by atoms with Crippen LogP contribution >= 0.6 is 11.3 Å². The summed E-state index contributed by atoms with van der Waals surface area (Å²) in [5.74, 6) is 0.401. The molecule has 2 aliphatic rings. The van der Waals surface area contributed by atoms with Crippen LogP contribution in [0.1, 0.15) is 55.0 Å². The molecule has 2 aliphatic carbocycles. The Labute approximate surface area is 237 Å². The first-order chi connectivity index (χ1) is 19.4. The molecule has 3 nitrogen and oxygen atoms in total. The second-order valence-electron chi connectivity index (χ2n) is 11.7. The number of fused-ring (bicyclic) bond motifs is 8. The Bertz CT molecular complexity index is 2140. The van der Waals surface area contributed by atoms with Gasteiger partial charge in [0.05, 0.1) is 11.6 Å². The highest BCUT2D eigenvalue weighted by molar-refractivity contribution is 7.25. The minimum atomic E-state index is -0.133. The van der Waals surface area contributed by atoms with Gasteiger partial charge in [-0.15, -0.1) is 11.3 Å². The van der Waals surface area contributed by atoms with E-state index in [0.717, 1.165) is 23.1 Å². The molecule has 4 heteroatoms. The molecule has 0 spiro atoms. The first kappa shape index (κ1) is 23.4. The zero-order chi connectivity index (χ0) is 27.2. The van der Waals surface area contributed by atoms with Crippen molar-refractivity contribution in [1.82, 2.24) is 9.38 Å². The van der Waals surface area contributed by atoms with E-state index < -0.39 is 0 Å². The van der Waals surface area contributed by atoms with Crippen LogP contribution in [0.15, 0.2) is 91.1 Å². The minimum Gasteiger partial charge on any atom is -0.291 e. The lowest BCUT2D eigenvalue weighted by Gasteiger charge is -2.25. The maximum absolute atomic E-state index is 9.45. The van der Waals surface area contributed by atoms with Gasteiger partial charge in [-0.25, -0.2) is 4.98 Å². The van der Waals surface area contributed by atoms with Crippen molar-refractivity contribution in [3.8, 4) is 17.2 Å². The van der Waals surface area contributed by atoms with Crippen molar-refractivity contribution in [3.05, 3.63) is 119 Å². The average molecular weight is 534 g/mol. The van der Waals surface area contributed by atoms with Gasteiger partial charge >= 0.3 is 0 Å². The lowest BCUT2D eigenvalue weighted by atomic mass is 9.79. The zero-order valence-electron chi connectivity index (χ0n) is 22.7. The summed E-state index contributed by atoms with van der Waals surface area (Å²) in [6, 6.07) is 28.4. The number of thiophene rings is 1. The van der Waals surface area contributed by atoms with Crippen LogP contribution in [0, 0.1) is 17.2 Å². The summed E-state index contributed by atoms with van der Waals surface area (Å²) >= 11 is 1.81.